The summed E-state index contributed by atoms with van der Waals surface area (Å²) in [5, 5.41) is 22.8. The molecule has 1 saturated carbocycles. The number of carbonyl (C=O) groups is 2. The van der Waals surface area contributed by atoms with Crippen molar-refractivity contribution in [3.8, 4) is 11.5 Å². The Morgan fingerprint density at radius 2 is 1.60 bits per heavy atom. The van der Waals surface area contributed by atoms with Crippen molar-refractivity contribution in [1.29, 1.82) is 0 Å². The van der Waals surface area contributed by atoms with Crippen molar-refractivity contribution < 1.29 is 51.2 Å². The molecule has 9 nitrogen and oxygen atoms in total. The summed E-state index contributed by atoms with van der Waals surface area (Å²) in [5.74, 6) is -4.30. The fourth-order valence-corrected chi connectivity index (χ4v) is 5.39. The number of hydrogen-bond donors (Lipinski definition) is 2. The van der Waals surface area contributed by atoms with E-state index >= 15 is 0 Å². The zero-order chi connectivity index (χ0) is 31.5. The van der Waals surface area contributed by atoms with Gasteiger partial charge in [0.25, 0.3) is 5.91 Å². The van der Waals surface area contributed by atoms with Crippen molar-refractivity contribution in [2.75, 3.05) is 20.8 Å². The molecule has 0 spiro atoms. The lowest BCUT2D eigenvalue weighted by Gasteiger charge is -2.31. The zero-order valence-electron chi connectivity index (χ0n) is 23.3. The van der Waals surface area contributed by atoms with E-state index in [0.29, 0.717) is 10.7 Å². The van der Waals surface area contributed by atoms with E-state index in [1.165, 1.54) is 26.4 Å². The van der Waals surface area contributed by atoms with E-state index in [0.717, 1.165) is 23.2 Å². The van der Waals surface area contributed by atoms with Gasteiger partial charge in [0.1, 0.15) is 28.7 Å². The van der Waals surface area contributed by atoms with Crippen LogP contribution in [0.1, 0.15) is 63.7 Å². The maximum atomic E-state index is 14.5. The number of alkyl halides is 3. The molecule has 1 fully saturated rings. The Morgan fingerprint density at radius 1 is 1.02 bits per heavy atom. The van der Waals surface area contributed by atoms with E-state index in [4.69, 9.17) is 9.47 Å². The third kappa shape index (κ3) is 7.13. The van der Waals surface area contributed by atoms with Crippen LogP contribution in [-0.2, 0) is 12.7 Å². The van der Waals surface area contributed by atoms with E-state index < -0.39 is 72.1 Å². The molecular weight excluding hydrogens is 581 g/mol. The van der Waals surface area contributed by atoms with Crippen LogP contribution in [0.2, 0.25) is 0 Å². The number of aromatic nitrogens is 2. The molecule has 14 heteroatoms. The quantitative estimate of drug-likeness (QED) is 0.193. The first-order chi connectivity index (χ1) is 20.3. The lowest BCUT2D eigenvalue weighted by Crippen LogP contribution is -2.37. The molecule has 0 radical (unpaired) electrons. The minimum atomic E-state index is -5.04. The summed E-state index contributed by atoms with van der Waals surface area (Å²) >= 11 is 0. The van der Waals surface area contributed by atoms with Gasteiger partial charge in [0.2, 0.25) is 0 Å². The Labute approximate surface area is 243 Å². The predicted molar refractivity (Wildman–Crippen MR) is 141 cm³/mol. The van der Waals surface area contributed by atoms with Gasteiger partial charge in [-0.1, -0.05) is 6.07 Å². The molecule has 0 aliphatic heterocycles. The third-order valence-corrected chi connectivity index (χ3v) is 7.43. The van der Waals surface area contributed by atoms with Crippen LogP contribution in [0.4, 0.5) is 22.0 Å². The normalized spacial score (nSPS) is 17.2. The highest BCUT2D eigenvalue weighted by molar-refractivity contribution is 6.05. The molecule has 2 aromatic carbocycles. The summed E-state index contributed by atoms with van der Waals surface area (Å²) in [4.78, 5) is 28.1. The summed E-state index contributed by atoms with van der Waals surface area (Å²) in [7, 11) is 2.59. The maximum Gasteiger partial charge on any atom is 0.433 e. The number of rotatable bonds is 10. The average Bonchev–Trinajstić information content (AvgIpc) is 3.41. The summed E-state index contributed by atoms with van der Waals surface area (Å²) < 4.78 is 82.6. The second kappa shape index (κ2) is 13.1. The lowest BCUT2D eigenvalue weighted by molar-refractivity contribution is -0.146. The highest BCUT2D eigenvalue weighted by atomic mass is 19.4. The first-order valence-corrected chi connectivity index (χ1v) is 13.3. The number of methoxy groups -OCH3 is 2. The molecule has 0 saturated heterocycles. The number of amides is 1. The van der Waals surface area contributed by atoms with E-state index in [1.807, 2.05) is 0 Å². The summed E-state index contributed by atoms with van der Waals surface area (Å²) in [6, 6.07) is 6.08. The molecule has 1 aromatic heterocycles. The molecule has 2 N–H and O–H groups in total. The van der Waals surface area contributed by atoms with Crippen LogP contribution in [0, 0.1) is 17.6 Å². The van der Waals surface area contributed by atoms with Gasteiger partial charge in [0.05, 0.1) is 38.6 Å². The van der Waals surface area contributed by atoms with Crippen LogP contribution in [0.15, 0.2) is 42.6 Å². The van der Waals surface area contributed by atoms with Crippen molar-refractivity contribution in [1.82, 2.24) is 14.7 Å². The van der Waals surface area contributed by atoms with Crippen LogP contribution in [-0.4, -0.2) is 63.6 Å². The Morgan fingerprint density at radius 3 is 2.12 bits per heavy atom. The second-order valence-electron chi connectivity index (χ2n) is 10.2. The van der Waals surface area contributed by atoms with Crippen LogP contribution in [0.3, 0.4) is 0 Å². The molecule has 4 rings (SSSR count). The molecule has 1 aliphatic rings. The Bertz CT molecular complexity index is 1420. The highest BCUT2D eigenvalue weighted by Crippen LogP contribution is 2.40. The Hall–Kier alpha value is -4.04. The standard InChI is InChI=1S/C29H30F5N3O6/c1-42-23-4-3-5-24(43-2)25(23)22(38)15-36(14-16-10-18(30)12-19(31)11-16)27(39)21-13-35-37(26(21)29(32,33)34)20-8-6-17(7-9-20)28(40)41/h3-5,10-13,17,20,28,40-41H,6-9,14-15H2,1-2H3/t17-,20-. The van der Waals surface area contributed by atoms with Crippen LogP contribution >= 0.6 is 0 Å². The van der Waals surface area contributed by atoms with Gasteiger partial charge in [0, 0.05) is 18.5 Å². The number of benzene rings is 2. The van der Waals surface area contributed by atoms with Crippen LogP contribution < -0.4 is 9.47 Å². The number of ketones is 1. The molecule has 1 amide bonds. The molecule has 0 atom stereocenters. The zero-order valence-corrected chi connectivity index (χ0v) is 23.3. The topological polar surface area (TPSA) is 114 Å². The number of aliphatic hydroxyl groups is 2. The van der Waals surface area contributed by atoms with E-state index in [1.54, 1.807) is 6.07 Å². The SMILES string of the molecule is COc1cccc(OC)c1C(=O)CN(Cc1cc(F)cc(F)c1)C(=O)c1cnn([C@H]2CC[C@H](C(O)O)CC2)c1C(F)(F)F. The lowest BCUT2D eigenvalue weighted by atomic mass is 9.85. The van der Waals surface area contributed by atoms with Gasteiger partial charge in [-0.05, 0) is 55.5 Å². The number of hydrogen-bond acceptors (Lipinski definition) is 7. The summed E-state index contributed by atoms with van der Waals surface area (Å²) in [6.45, 7) is -1.41. The van der Waals surface area contributed by atoms with Crippen molar-refractivity contribution in [3.63, 3.8) is 0 Å². The summed E-state index contributed by atoms with van der Waals surface area (Å²) in [5.41, 5.74) is -2.38. The second-order valence-corrected chi connectivity index (χ2v) is 10.2. The van der Waals surface area contributed by atoms with Gasteiger partial charge in [-0.2, -0.15) is 18.3 Å². The van der Waals surface area contributed by atoms with Gasteiger partial charge in [-0.15, -0.1) is 0 Å². The molecule has 1 heterocycles. The van der Waals surface area contributed by atoms with Gasteiger partial charge in [0.15, 0.2) is 17.8 Å². The number of aliphatic hydroxyl groups excluding tert-OH is 1. The maximum absolute atomic E-state index is 14.5. The first-order valence-electron chi connectivity index (χ1n) is 13.3. The fourth-order valence-electron chi connectivity index (χ4n) is 5.39. The van der Waals surface area contributed by atoms with Gasteiger partial charge < -0.3 is 24.6 Å². The molecular formula is C29H30F5N3O6. The minimum Gasteiger partial charge on any atom is -0.496 e. The fraction of sp³-hybridized carbons (Fsp3) is 0.414. The average molecular weight is 612 g/mol. The van der Waals surface area contributed by atoms with E-state index in [9.17, 15) is 41.8 Å². The minimum absolute atomic E-state index is 0.0784. The van der Waals surface area contributed by atoms with Crippen molar-refractivity contribution in [3.05, 3.63) is 76.6 Å². The smallest absolute Gasteiger partial charge is 0.433 e. The number of ether oxygens (including phenoxy) is 2. The molecule has 3 aromatic rings. The van der Waals surface area contributed by atoms with Crippen LogP contribution in [0.25, 0.3) is 0 Å². The number of Topliss-reactive ketones (excluding diaryl/α,β-unsaturated/α-hetero) is 1. The van der Waals surface area contributed by atoms with Gasteiger partial charge in [-0.25, -0.2) is 8.78 Å². The van der Waals surface area contributed by atoms with Crippen molar-refractivity contribution in [2.45, 2.75) is 50.7 Å². The molecule has 232 valence electrons. The van der Waals surface area contributed by atoms with Crippen LogP contribution in [0.5, 0.6) is 11.5 Å². The first kappa shape index (κ1) is 31.9. The number of nitrogens with zero attached hydrogens (tertiary/aromatic N) is 3. The van der Waals surface area contributed by atoms with Crippen molar-refractivity contribution in [2.24, 2.45) is 5.92 Å². The van der Waals surface area contributed by atoms with E-state index in [-0.39, 0.29) is 48.3 Å². The van der Waals surface area contributed by atoms with Crippen molar-refractivity contribution >= 4 is 11.7 Å². The highest BCUT2D eigenvalue weighted by Gasteiger charge is 2.43. The monoisotopic (exact) mass is 611 g/mol. The third-order valence-electron chi connectivity index (χ3n) is 7.43. The van der Waals surface area contributed by atoms with E-state index in [2.05, 4.69) is 5.10 Å². The largest absolute Gasteiger partial charge is 0.496 e. The number of halogens is 5. The molecule has 0 unspecified atom stereocenters. The molecule has 1 aliphatic carbocycles. The predicted octanol–water partition coefficient (Wildman–Crippen LogP) is 4.76. The molecule has 0 bridgehead atoms. The molecule has 43 heavy (non-hydrogen) atoms. The van der Waals surface area contributed by atoms with Gasteiger partial charge in [-0.3, -0.25) is 14.3 Å². The number of carbonyl (C=O) groups excluding carboxylic acids is 2. The Kier molecular flexibility index (Phi) is 9.70. The van der Waals surface area contributed by atoms with Gasteiger partial charge >= 0.3 is 6.18 Å². The summed E-state index contributed by atoms with van der Waals surface area (Å²) in [6.07, 6.45) is -5.12. The Balaban J connectivity index is 1.74.